The van der Waals surface area contributed by atoms with E-state index in [1.165, 1.54) is 12.1 Å². The molecule has 0 heterocycles. The van der Waals surface area contributed by atoms with Crippen LogP contribution in [-0.2, 0) is 11.3 Å². The van der Waals surface area contributed by atoms with Crippen molar-refractivity contribution in [3.63, 3.8) is 0 Å². The van der Waals surface area contributed by atoms with Gasteiger partial charge in [0.15, 0.2) is 0 Å². The Morgan fingerprint density at radius 2 is 1.92 bits per heavy atom. The van der Waals surface area contributed by atoms with Gasteiger partial charge in [-0.15, -0.1) is 0 Å². The normalized spacial score (nSPS) is 12.5. The van der Waals surface area contributed by atoms with E-state index in [4.69, 9.17) is 11.5 Å². The summed E-state index contributed by atoms with van der Waals surface area (Å²) in [6.07, 6.45) is -1.73. The van der Waals surface area contributed by atoms with E-state index in [0.29, 0.717) is 6.54 Å². The van der Waals surface area contributed by atoms with Crippen molar-refractivity contribution in [3.05, 3.63) is 35.4 Å². The molecule has 70 valence electrons. The molecule has 1 unspecified atom stereocenters. The van der Waals surface area contributed by atoms with Crippen LogP contribution in [0.25, 0.3) is 0 Å². The van der Waals surface area contributed by atoms with Crippen LogP contribution >= 0.6 is 0 Å². The maximum absolute atomic E-state index is 13.0. The fourth-order valence-corrected chi connectivity index (χ4v) is 0.987. The van der Waals surface area contributed by atoms with Crippen LogP contribution in [0.15, 0.2) is 24.3 Å². The van der Waals surface area contributed by atoms with Gasteiger partial charge >= 0.3 is 0 Å². The second-order valence-corrected chi connectivity index (χ2v) is 2.71. The Labute approximate surface area is 75.5 Å². The minimum Gasteiger partial charge on any atom is -0.367 e. The molecule has 13 heavy (non-hydrogen) atoms. The first kappa shape index (κ1) is 9.67. The number of hydrogen-bond acceptors (Lipinski definition) is 2. The smallest absolute Gasteiger partial charge is 0.256 e. The Balaban J connectivity index is 2.85. The lowest BCUT2D eigenvalue weighted by Gasteiger charge is -2.04. The van der Waals surface area contributed by atoms with Crippen molar-refractivity contribution >= 4 is 5.91 Å². The van der Waals surface area contributed by atoms with Crippen LogP contribution in [0.4, 0.5) is 4.39 Å². The second kappa shape index (κ2) is 4.00. The molecular formula is C9H11FN2O. The Bertz CT molecular complexity index is 297. The van der Waals surface area contributed by atoms with Crippen LogP contribution in [-0.4, -0.2) is 5.91 Å². The van der Waals surface area contributed by atoms with Gasteiger partial charge in [0, 0.05) is 6.54 Å². The number of benzene rings is 1. The summed E-state index contributed by atoms with van der Waals surface area (Å²) in [5, 5.41) is 0. The van der Waals surface area contributed by atoms with Gasteiger partial charge in [-0.2, -0.15) is 0 Å². The lowest BCUT2D eigenvalue weighted by molar-refractivity contribution is -0.122. The van der Waals surface area contributed by atoms with Crippen molar-refractivity contribution in [2.45, 2.75) is 12.7 Å². The van der Waals surface area contributed by atoms with E-state index in [1.54, 1.807) is 12.1 Å². The number of rotatable bonds is 3. The molecule has 0 radical (unpaired) electrons. The van der Waals surface area contributed by atoms with E-state index in [2.05, 4.69) is 0 Å². The van der Waals surface area contributed by atoms with Gasteiger partial charge in [0.2, 0.25) is 6.17 Å². The molecule has 1 aromatic rings. The molecule has 1 rings (SSSR count). The number of carbonyl (C=O) groups excluding carboxylic acids is 1. The largest absolute Gasteiger partial charge is 0.367 e. The number of amides is 1. The summed E-state index contributed by atoms with van der Waals surface area (Å²) in [5.74, 6) is -0.972. The highest BCUT2D eigenvalue weighted by molar-refractivity contribution is 5.80. The van der Waals surface area contributed by atoms with Crippen LogP contribution < -0.4 is 11.5 Å². The van der Waals surface area contributed by atoms with Crippen LogP contribution in [0.5, 0.6) is 0 Å². The minimum absolute atomic E-state index is 0.268. The fourth-order valence-electron chi connectivity index (χ4n) is 0.987. The molecule has 4 N–H and O–H groups in total. The van der Waals surface area contributed by atoms with Gasteiger partial charge in [-0.1, -0.05) is 24.3 Å². The summed E-state index contributed by atoms with van der Waals surface area (Å²) in [7, 11) is 0. The predicted molar refractivity (Wildman–Crippen MR) is 47.4 cm³/mol. The number of hydrogen-bond donors (Lipinski definition) is 2. The van der Waals surface area contributed by atoms with E-state index < -0.39 is 12.1 Å². The first-order valence-electron chi connectivity index (χ1n) is 3.87. The summed E-state index contributed by atoms with van der Waals surface area (Å²) in [4.78, 5) is 10.5. The average Bonchev–Trinajstić information content (AvgIpc) is 2.17. The van der Waals surface area contributed by atoms with Crippen LogP contribution in [0, 0.1) is 0 Å². The maximum Gasteiger partial charge on any atom is 0.256 e. The fraction of sp³-hybridized carbons (Fsp3) is 0.222. The molecular weight excluding hydrogens is 171 g/mol. The predicted octanol–water partition coefficient (Wildman–Crippen LogP) is 0.641. The molecule has 0 bridgehead atoms. The lowest BCUT2D eigenvalue weighted by atomic mass is 10.1. The van der Waals surface area contributed by atoms with Gasteiger partial charge < -0.3 is 11.5 Å². The minimum atomic E-state index is -1.73. The summed E-state index contributed by atoms with van der Waals surface area (Å²) in [6.45, 7) is 0.397. The van der Waals surface area contributed by atoms with Crippen LogP contribution in [0.1, 0.15) is 17.3 Å². The van der Waals surface area contributed by atoms with Gasteiger partial charge in [-0.3, -0.25) is 4.79 Å². The van der Waals surface area contributed by atoms with Crippen molar-refractivity contribution in [2.75, 3.05) is 0 Å². The highest BCUT2D eigenvalue weighted by Gasteiger charge is 2.15. The quantitative estimate of drug-likeness (QED) is 0.720. The van der Waals surface area contributed by atoms with Crippen molar-refractivity contribution in [2.24, 2.45) is 11.5 Å². The van der Waals surface area contributed by atoms with Crippen molar-refractivity contribution < 1.29 is 9.18 Å². The molecule has 1 atom stereocenters. The number of carbonyl (C=O) groups is 1. The molecule has 0 spiro atoms. The molecule has 1 aromatic carbocycles. The van der Waals surface area contributed by atoms with Gasteiger partial charge in [-0.05, 0) is 11.1 Å². The molecule has 0 aromatic heterocycles. The van der Waals surface area contributed by atoms with Gasteiger partial charge in [0.25, 0.3) is 5.91 Å². The summed E-state index contributed by atoms with van der Waals surface area (Å²) >= 11 is 0. The zero-order chi connectivity index (χ0) is 9.84. The van der Waals surface area contributed by atoms with Crippen molar-refractivity contribution in [1.29, 1.82) is 0 Å². The third-order valence-electron chi connectivity index (χ3n) is 1.76. The first-order valence-corrected chi connectivity index (χ1v) is 3.87. The van der Waals surface area contributed by atoms with Gasteiger partial charge in [0.05, 0.1) is 0 Å². The Morgan fingerprint density at radius 1 is 1.38 bits per heavy atom. The summed E-state index contributed by atoms with van der Waals surface area (Å²) in [6, 6.07) is 6.37. The number of alkyl halides is 1. The zero-order valence-electron chi connectivity index (χ0n) is 7.03. The number of halogens is 1. The Hall–Kier alpha value is -1.42. The van der Waals surface area contributed by atoms with E-state index >= 15 is 0 Å². The number of primary amides is 1. The van der Waals surface area contributed by atoms with E-state index in [1.807, 2.05) is 0 Å². The molecule has 1 amide bonds. The average molecular weight is 182 g/mol. The van der Waals surface area contributed by atoms with Crippen molar-refractivity contribution in [3.8, 4) is 0 Å². The topological polar surface area (TPSA) is 69.1 Å². The molecule has 0 saturated heterocycles. The molecule has 0 aliphatic carbocycles. The third kappa shape index (κ3) is 2.26. The third-order valence-corrected chi connectivity index (χ3v) is 1.76. The van der Waals surface area contributed by atoms with E-state index in [-0.39, 0.29) is 5.56 Å². The Kier molecular flexibility index (Phi) is 2.97. The van der Waals surface area contributed by atoms with Crippen LogP contribution in [0.3, 0.4) is 0 Å². The van der Waals surface area contributed by atoms with E-state index in [0.717, 1.165) is 5.56 Å². The second-order valence-electron chi connectivity index (χ2n) is 2.71. The highest BCUT2D eigenvalue weighted by atomic mass is 19.1. The molecule has 0 aliphatic rings. The van der Waals surface area contributed by atoms with Gasteiger partial charge in [-0.25, -0.2) is 4.39 Å². The van der Waals surface area contributed by atoms with E-state index in [9.17, 15) is 9.18 Å². The molecule has 0 aliphatic heterocycles. The Morgan fingerprint density at radius 3 is 2.31 bits per heavy atom. The standard InChI is InChI=1S/C9H11FN2O/c10-8(9(12)13)7-3-1-6(5-11)2-4-7/h1-4,8H,5,11H2,(H2,12,13). The zero-order valence-corrected chi connectivity index (χ0v) is 7.03. The first-order chi connectivity index (χ1) is 6.15. The number of nitrogens with two attached hydrogens (primary N) is 2. The lowest BCUT2D eigenvalue weighted by Crippen LogP contribution is -2.17. The maximum atomic E-state index is 13.0. The highest BCUT2D eigenvalue weighted by Crippen LogP contribution is 2.16. The molecule has 0 fully saturated rings. The monoisotopic (exact) mass is 182 g/mol. The summed E-state index contributed by atoms with van der Waals surface area (Å²) < 4.78 is 13.0. The van der Waals surface area contributed by atoms with Crippen LogP contribution in [0.2, 0.25) is 0 Å². The van der Waals surface area contributed by atoms with Gasteiger partial charge in [0.1, 0.15) is 0 Å². The molecule has 4 heteroatoms. The SMILES string of the molecule is NCc1ccc(C(F)C(N)=O)cc1. The van der Waals surface area contributed by atoms with Crippen molar-refractivity contribution in [1.82, 2.24) is 0 Å². The summed E-state index contributed by atoms with van der Waals surface area (Å²) in [5.41, 5.74) is 11.3. The molecule has 3 nitrogen and oxygen atoms in total. The molecule has 0 saturated carbocycles.